The average molecular weight is 590 g/mol. The van der Waals surface area contributed by atoms with Gasteiger partial charge in [-0.3, -0.25) is 24.0 Å². The molecular formula is C29H26F3NO9. The number of nitrogens with one attached hydrogen (secondary N) is 1. The topological polar surface area (TPSA) is 156 Å². The van der Waals surface area contributed by atoms with Gasteiger partial charge in [0.25, 0.3) is 0 Å². The van der Waals surface area contributed by atoms with Crippen LogP contribution >= 0.6 is 0 Å². The lowest BCUT2D eigenvalue weighted by Crippen LogP contribution is -2.58. The third kappa shape index (κ3) is 5.02. The van der Waals surface area contributed by atoms with Crippen LogP contribution in [0.5, 0.6) is 11.5 Å². The largest absolute Gasteiger partial charge is 0.507 e. The Balaban J connectivity index is 1.51. The van der Waals surface area contributed by atoms with E-state index in [1.165, 1.54) is 19.1 Å². The van der Waals surface area contributed by atoms with E-state index in [1.54, 1.807) is 12.1 Å². The van der Waals surface area contributed by atoms with Gasteiger partial charge in [0.1, 0.15) is 23.4 Å². The summed E-state index contributed by atoms with van der Waals surface area (Å²) >= 11 is 0. The molecular weight excluding hydrogens is 563 g/mol. The van der Waals surface area contributed by atoms with E-state index in [2.05, 4.69) is 0 Å². The number of phenolic OH excluding ortho intramolecular Hbond substituents is 2. The number of halogens is 3. The van der Waals surface area contributed by atoms with Crippen LogP contribution in [0.25, 0.3) is 0 Å². The van der Waals surface area contributed by atoms with Crippen LogP contribution in [0.15, 0.2) is 24.3 Å². The van der Waals surface area contributed by atoms with Crippen molar-refractivity contribution in [2.45, 2.75) is 76.0 Å². The average Bonchev–Trinajstić information content (AvgIpc) is 2.90. The van der Waals surface area contributed by atoms with Crippen LogP contribution in [0.4, 0.5) is 13.2 Å². The fourth-order valence-corrected chi connectivity index (χ4v) is 6.26. The molecule has 3 N–H and O–H groups in total. The monoisotopic (exact) mass is 589 g/mol. The van der Waals surface area contributed by atoms with Gasteiger partial charge in [-0.1, -0.05) is 24.3 Å². The molecule has 1 aliphatic heterocycles. The molecule has 0 spiro atoms. The third-order valence-corrected chi connectivity index (χ3v) is 7.92. The van der Waals surface area contributed by atoms with Gasteiger partial charge in [0.05, 0.1) is 29.4 Å². The van der Waals surface area contributed by atoms with Gasteiger partial charge >= 0.3 is 18.1 Å². The molecule has 0 radical (unpaired) electrons. The summed E-state index contributed by atoms with van der Waals surface area (Å²) in [5.74, 6) is -6.76. The Hall–Kier alpha value is -4.26. The minimum absolute atomic E-state index is 0.0170. The maximum absolute atomic E-state index is 13.4. The van der Waals surface area contributed by atoms with E-state index in [1.807, 2.05) is 5.32 Å². The first kappa shape index (κ1) is 29.2. The number of aromatic hydroxyl groups is 2. The van der Waals surface area contributed by atoms with E-state index in [4.69, 9.17) is 9.47 Å². The van der Waals surface area contributed by atoms with Gasteiger partial charge in [-0.25, -0.2) is 0 Å². The summed E-state index contributed by atoms with van der Waals surface area (Å²) in [6.07, 6.45) is -9.08. The Labute approximate surface area is 236 Å². The highest BCUT2D eigenvalue weighted by molar-refractivity contribution is 6.30. The van der Waals surface area contributed by atoms with Crippen LogP contribution in [-0.4, -0.2) is 70.0 Å². The van der Waals surface area contributed by atoms with E-state index < -0.39 is 82.5 Å². The first-order chi connectivity index (χ1) is 19.7. The molecule has 1 fully saturated rings. The second kappa shape index (κ2) is 10.5. The molecule has 222 valence electrons. The molecule has 5 atom stereocenters. The van der Waals surface area contributed by atoms with Gasteiger partial charge in [0, 0.05) is 42.0 Å². The number of fused-ring (bicyclic) bond motifs is 3. The number of hydrogen-bond donors (Lipinski definition) is 3. The van der Waals surface area contributed by atoms with Crippen LogP contribution in [0.1, 0.15) is 82.0 Å². The second-order valence-electron chi connectivity index (χ2n) is 10.7. The van der Waals surface area contributed by atoms with Crippen molar-refractivity contribution in [2.24, 2.45) is 0 Å². The number of carbonyl (C=O) groups excluding carboxylic acids is 5. The molecule has 1 amide bonds. The number of benzene rings is 2. The van der Waals surface area contributed by atoms with Crippen LogP contribution in [0, 0.1) is 0 Å². The second-order valence-corrected chi connectivity index (χ2v) is 10.7. The molecule has 1 saturated heterocycles. The lowest BCUT2D eigenvalue weighted by molar-refractivity contribution is -0.186. The molecule has 3 aliphatic rings. The molecule has 2 aromatic rings. The number of esters is 1. The Morgan fingerprint density at radius 1 is 1.05 bits per heavy atom. The fraction of sp³-hybridized carbons (Fsp3) is 0.414. The molecule has 0 aromatic heterocycles. The lowest BCUT2D eigenvalue weighted by Gasteiger charge is -2.41. The number of rotatable bonds is 4. The number of carbonyl (C=O) groups is 5. The van der Waals surface area contributed by atoms with Crippen molar-refractivity contribution in [2.75, 3.05) is 0 Å². The highest BCUT2D eigenvalue weighted by atomic mass is 19.4. The van der Waals surface area contributed by atoms with Crippen molar-refractivity contribution in [3.8, 4) is 11.5 Å². The molecule has 1 unspecified atom stereocenters. The zero-order valence-corrected chi connectivity index (χ0v) is 22.4. The summed E-state index contributed by atoms with van der Waals surface area (Å²) < 4.78 is 50.2. The highest BCUT2D eigenvalue weighted by Gasteiger charge is 2.47. The van der Waals surface area contributed by atoms with E-state index in [0.29, 0.717) is 0 Å². The number of hydrogen-bond acceptors (Lipinski definition) is 9. The Bertz CT molecular complexity index is 1530. The molecule has 10 nitrogen and oxygen atoms in total. The number of ketones is 3. The molecule has 5 rings (SSSR count). The first-order valence-corrected chi connectivity index (χ1v) is 13.2. The Kier molecular flexibility index (Phi) is 7.34. The number of ether oxygens (including phenoxy) is 2. The Morgan fingerprint density at radius 2 is 1.64 bits per heavy atom. The molecule has 1 heterocycles. The van der Waals surface area contributed by atoms with Gasteiger partial charge in [-0.2, -0.15) is 13.2 Å². The van der Waals surface area contributed by atoms with Crippen LogP contribution in [0.3, 0.4) is 0 Å². The van der Waals surface area contributed by atoms with Crippen LogP contribution in [0.2, 0.25) is 0 Å². The van der Waals surface area contributed by atoms with E-state index in [0.717, 1.165) is 6.92 Å². The summed E-state index contributed by atoms with van der Waals surface area (Å²) in [5.41, 5.74) is -0.653. The predicted molar refractivity (Wildman–Crippen MR) is 136 cm³/mol. The number of Topliss-reactive ketones (excluding diaryl/α,β-unsaturated/α-hetero) is 1. The molecule has 2 aliphatic carbocycles. The third-order valence-electron chi connectivity index (χ3n) is 7.92. The van der Waals surface area contributed by atoms with E-state index >= 15 is 0 Å². The van der Waals surface area contributed by atoms with Crippen molar-refractivity contribution < 1.29 is 56.8 Å². The maximum Gasteiger partial charge on any atom is 0.471 e. The molecule has 0 saturated carbocycles. The van der Waals surface area contributed by atoms with Crippen molar-refractivity contribution in [1.82, 2.24) is 5.32 Å². The van der Waals surface area contributed by atoms with Crippen molar-refractivity contribution in [3.63, 3.8) is 0 Å². The summed E-state index contributed by atoms with van der Waals surface area (Å²) in [4.78, 5) is 62.8. The highest BCUT2D eigenvalue weighted by Crippen LogP contribution is 2.50. The van der Waals surface area contributed by atoms with Gasteiger partial charge in [-0.05, 0) is 25.7 Å². The summed E-state index contributed by atoms with van der Waals surface area (Å²) in [6, 6.07) is 4.63. The summed E-state index contributed by atoms with van der Waals surface area (Å²) in [6.45, 7) is 2.51. The quantitative estimate of drug-likeness (QED) is 0.308. The van der Waals surface area contributed by atoms with E-state index in [9.17, 15) is 47.4 Å². The smallest absolute Gasteiger partial charge is 0.471 e. The van der Waals surface area contributed by atoms with E-state index in [-0.39, 0.29) is 53.7 Å². The van der Waals surface area contributed by atoms with Crippen molar-refractivity contribution in [3.05, 3.63) is 57.6 Å². The Morgan fingerprint density at radius 3 is 2.21 bits per heavy atom. The zero-order chi connectivity index (χ0) is 30.7. The lowest BCUT2D eigenvalue weighted by atomic mass is 9.72. The number of phenols is 2. The minimum atomic E-state index is -5.20. The molecule has 13 heteroatoms. The van der Waals surface area contributed by atoms with Gasteiger partial charge < -0.3 is 25.0 Å². The predicted octanol–water partition coefficient (Wildman–Crippen LogP) is 3.02. The molecule has 0 bridgehead atoms. The summed E-state index contributed by atoms with van der Waals surface area (Å²) in [7, 11) is 0. The number of alkyl halides is 3. The van der Waals surface area contributed by atoms with Gasteiger partial charge in [0.15, 0.2) is 11.6 Å². The SMILES string of the molecule is CC(=O)O[C@H]1[C@@H](NC(=O)C(F)(F)F)C[C@H](CC2CC(=O)Cc3c(O)c4c(c(O)c32)C(=O)c2ccccc2C4=O)O[C@H]1C. The van der Waals surface area contributed by atoms with Crippen molar-refractivity contribution in [1.29, 1.82) is 0 Å². The standard InChI is InChI=1S/C29H26F3NO9/c1-11-27(42-12(2)34)19(33-28(40)29(30,31)32)10-15(41-11)8-13-7-14(35)9-18-20(13)26(39)22-21(25(18)38)23(36)16-5-3-4-6-17(16)24(22)37/h3-6,11,13,15,19,27,38-39H,7-10H2,1-2H3,(H,33,40)/t11-,13?,15-,19-,27+/m0/s1. The normalized spacial score (nSPS) is 25.3. The van der Waals surface area contributed by atoms with Crippen LogP contribution < -0.4 is 5.32 Å². The first-order valence-electron chi connectivity index (χ1n) is 13.2. The molecule has 42 heavy (non-hydrogen) atoms. The minimum Gasteiger partial charge on any atom is -0.507 e. The fourth-order valence-electron chi connectivity index (χ4n) is 6.26. The van der Waals surface area contributed by atoms with Gasteiger partial charge in [-0.15, -0.1) is 0 Å². The number of amides is 1. The van der Waals surface area contributed by atoms with Crippen molar-refractivity contribution >= 4 is 29.2 Å². The van der Waals surface area contributed by atoms with Crippen LogP contribution in [-0.2, 0) is 30.3 Å². The maximum atomic E-state index is 13.4. The summed E-state index contributed by atoms with van der Waals surface area (Å²) in [5, 5.41) is 24.4. The van der Waals surface area contributed by atoms with Gasteiger partial charge in [0.2, 0.25) is 0 Å². The molecule has 2 aromatic carbocycles. The zero-order valence-electron chi connectivity index (χ0n) is 22.4.